The van der Waals surface area contributed by atoms with Crippen molar-refractivity contribution in [2.45, 2.75) is 25.3 Å². The molecule has 0 unspecified atom stereocenters. The number of aliphatic carboxylic acids is 1. The molecule has 1 saturated heterocycles. The van der Waals surface area contributed by atoms with E-state index < -0.39 is 23.9 Å². The molecule has 0 bridgehead atoms. The van der Waals surface area contributed by atoms with Crippen molar-refractivity contribution < 1.29 is 40.9 Å². The average Bonchev–Trinajstić information content (AvgIpc) is 3.13. The molecule has 32 heavy (non-hydrogen) atoms. The number of hydrogen-bond acceptors (Lipinski definition) is 5. The van der Waals surface area contributed by atoms with E-state index in [2.05, 4.69) is 19.8 Å². The zero-order valence-corrected chi connectivity index (χ0v) is 16.3. The van der Waals surface area contributed by atoms with Crippen LogP contribution in [0.15, 0.2) is 47.1 Å². The van der Waals surface area contributed by atoms with Gasteiger partial charge in [-0.2, -0.15) is 26.3 Å². The summed E-state index contributed by atoms with van der Waals surface area (Å²) in [6, 6.07) is 11.6. The Morgan fingerprint density at radius 3 is 2.28 bits per heavy atom. The summed E-state index contributed by atoms with van der Waals surface area (Å²) in [6.45, 7) is 2.34. The second-order valence-corrected chi connectivity index (χ2v) is 7.31. The highest BCUT2D eigenvalue weighted by molar-refractivity contribution is 5.73. The van der Waals surface area contributed by atoms with Crippen molar-refractivity contribution in [2.75, 3.05) is 13.1 Å². The van der Waals surface area contributed by atoms with Crippen LogP contribution in [0, 0.1) is 5.92 Å². The molecule has 1 aliphatic heterocycles. The molecule has 0 spiro atoms. The highest BCUT2D eigenvalue weighted by Crippen LogP contribution is 2.34. The van der Waals surface area contributed by atoms with Crippen molar-refractivity contribution in [3.05, 3.63) is 59.2 Å². The Balaban J connectivity index is 0.000000360. The number of hydrogen-bond donors (Lipinski definition) is 1. The van der Waals surface area contributed by atoms with Gasteiger partial charge in [-0.1, -0.05) is 24.3 Å². The van der Waals surface area contributed by atoms with E-state index >= 15 is 0 Å². The third-order valence-electron chi connectivity index (χ3n) is 4.83. The molecule has 1 aliphatic rings. The number of rotatable bonds is 4. The van der Waals surface area contributed by atoms with Crippen molar-refractivity contribution in [1.82, 2.24) is 15.2 Å². The van der Waals surface area contributed by atoms with Gasteiger partial charge in [-0.15, -0.1) is 0 Å². The molecular formula is C20H17F6N3O3. The van der Waals surface area contributed by atoms with E-state index in [-0.39, 0.29) is 5.92 Å². The van der Waals surface area contributed by atoms with E-state index in [4.69, 9.17) is 9.90 Å². The van der Waals surface area contributed by atoms with E-state index in [1.165, 1.54) is 6.07 Å². The SMILES string of the molecule is FC(F)(F)c1ccccc1CC1CN(Cc2ccc3nonc3c2)C1.O=C(O)C(F)(F)F. The van der Waals surface area contributed by atoms with Gasteiger partial charge in [0.25, 0.3) is 0 Å². The lowest BCUT2D eigenvalue weighted by Crippen LogP contribution is -2.46. The molecule has 2 heterocycles. The van der Waals surface area contributed by atoms with Crippen LogP contribution < -0.4 is 0 Å². The summed E-state index contributed by atoms with van der Waals surface area (Å²) in [7, 11) is 0. The fourth-order valence-corrected chi connectivity index (χ4v) is 3.41. The molecule has 2 aromatic carbocycles. The predicted molar refractivity (Wildman–Crippen MR) is 99.4 cm³/mol. The number of carboxylic acid groups (broad SMARTS) is 1. The van der Waals surface area contributed by atoms with Gasteiger partial charge in [0.15, 0.2) is 0 Å². The number of alkyl halides is 6. The van der Waals surface area contributed by atoms with Crippen LogP contribution in [0.2, 0.25) is 0 Å². The predicted octanol–water partition coefficient (Wildman–Crippen LogP) is 4.55. The fraction of sp³-hybridized carbons (Fsp3) is 0.350. The monoisotopic (exact) mass is 461 g/mol. The molecule has 0 amide bonds. The molecule has 172 valence electrons. The van der Waals surface area contributed by atoms with Crippen LogP contribution >= 0.6 is 0 Å². The Bertz CT molecular complexity index is 1070. The molecule has 0 atom stereocenters. The lowest BCUT2D eigenvalue weighted by atomic mass is 9.89. The van der Waals surface area contributed by atoms with Crippen LogP contribution in [0.1, 0.15) is 16.7 Å². The molecule has 1 aromatic heterocycles. The number of carbonyl (C=O) groups is 1. The standard InChI is InChI=1S/C18H16F3N3O.C2HF3O2/c19-18(20,21)15-4-2-1-3-14(15)7-13-10-24(11-13)9-12-5-6-16-17(8-12)23-25-22-16;3-2(4,5)1(6)7/h1-6,8,13H,7,9-11H2;(H,6,7). The normalized spacial score (nSPS) is 15.2. The van der Waals surface area contributed by atoms with Crippen LogP contribution in [-0.2, 0) is 23.9 Å². The van der Waals surface area contributed by atoms with E-state index in [0.29, 0.717) is 23.0 Å². The molecule has 6 nitrogen and oxygen atoms in total. The van der Waals surface area contributed by atoms with Gasteiger partial charge >= 0.3 is 18.3 Å². The van der Waals surface area contributed by atoms with Gasteiger partial charge < -0.3 is 5.11 Å². The first-order valence-electron chi connectivity index (χ1n) is 9.32. The molecule has 4 rings (SSSR count). The van der Waals surface area contributed by atoms with Gasteiger partial charge in [0.2, 0.25) is 0 Å². The fourth-order valence-electron chi connectivity index (χ4n) is 3.41. The number of aromatic nitrogens is 2. The number of nitrogens with zero attached hydrogens (tertiary/aromatic N) is 3. The minimum absolute atomic E-state index is 0.251. The van der Waals surface area contributed by atoms with Crippen LogP contribution in [0.3, 0.4) is 0 Å². The van der Waals surface area contributed by atoms with Gasteiger partial charge in [0, 0.05) is 19.6 Å². The Labute approximate surface area is 177 Å². The first-order valence-corrected chi connectivity index (χ1v) is 9.32. The quantitative estimate of drug-likeness (QED) is 0.575. The summed E-state index contributed by atoms with van der Waals surface area (Å²) in [4.78, 5) is 11.1. The highest BCUT2D eigenvalue weighted by Gasteiger charge is 2.38. The molecule has 3 aromatic rings. The minimum atomic E-state index is -5.08. The van der Waals surface area contributed by atoms with Crippen molar-refractivity contribution >= 4 is 17.0 Å². The van der Waals surface area contributed by atoms with Crippen molar-refractivity contribution in [3.8, 4) is 0 Å². The number of likely N-dealkylation sites (tertiary alicyclic amines) is 1. The molecule has 1 fully saturated rings. The van der Waals surface area contributed by atoms with Gasteiger partial charge in [0.05, 0.1) is 5.56 Å². The van der Waals surface area contributed by atoms with E-state index in [0.717, 1.165) is 31.3 Å². The van der Waals surface area contributed by atoms with E-state index in [1.54, 1.807) is 12.1 Å². The number of carboxylic acids is 1. The Morgan fingerprint density at radius 2 is 1.66 bits per heavy atom. The maximum absolute atomic E-state index is 13.1. The Morgan fingerprint density at radius 1 is 1.03 bits per heavy atom. The van der Waals surface area contributed by atoms with Crippen molar-refractivity contribution in [3.63, 3.8) is 0 Å². The maximum atomic E-state index is 13.1. The highest BCUT2D eigenvalue weighted by atomic mass is 19.4. The zero-order valence-electron chi connectivity index (χ0n) is 16.3. The van der Waals surface area contributed by atoms with Crippen LogP contribution in [0.4, 0.5) is 26.3 Å². The van der Waals surface area contributed by atoms with Crippen LogP contribution in [0.25, 0.3) is 11.0 Å². The molecule has 0 radical (unpaired) electrons. The first-order chi connectivity index (χ1) is 14.9. The third kappa shape index (κ3) is 5.96. The summed E-state index contributed by atoms with van der Waals surface area (Å²) in [5.74, 6) is -2.51. The number of fused-ring (bicyclic) bond motifs is 1. The van der Waals surface area contributed by atoms with Gasteiger partial charge in [-0.25, -0.2) is 9.42 Å². The summed E-state index contributed by atoms with van der Waals surface area (Å²) < 4.78 is 75.6. The van der Waals surface area contributed by atoms with Crippen LogP contribution in [-0.4, -0.2) is 45.6 Å². The Hall–Kier alpha value is -3.15. The van der Waals surface area contributed by atoms with Crippen molar-refractivity contribution in [1.29, 1.82) is 0 Å². The van der Waals surface area contributed by atoms with Gasteiger partial charge in [0.1, 0.15) is 11.0 Å². The molecular weight excluding hydrogens is 444 g/mol. The molecule has 0 aliphatic carbocycles. The summed E-state index contributed by atoms with van der Waals surface area (Å²) in [5, 5.41) is 14.7. The third-order valence-corrected chi connectivity index (χ3v) is 4.83. The average molecular weight is 461 g/mol. The smallest absolute Gasteiger partial charge is 0.475 e. The molecule has 12 heteroatoms. The number of halogens is 6. The molecule has 1 N–H and O–H groups in total. The summed E-state index contributed by atoms with van der Waals surface area (Å²) in [5.41, 5.74) is 2.40. The molecule has 0 saturated carbocycles. The largest absolute Gasteiger partial charge is 0.490 e. The minimum Gasteiger partial charge on any atom is -0.475 e. The second kappa shape index (κ2) is 9.15. The zero-order chi connectivity index (χ0) is 23.5. The van der Waals surface area contributed by atoms with Gasteiger partial charge in [-0.3, -0.25) is 4.90 Å². The second-order valence-electron chi connectivity index (χ2n) is 7.31. The Kier molecular flexibility index (Phi) is 6.72. The van der Waals surface area contributed by atoms with Gasteiger partial charge in [-0.05, 0) is 52.0 Å². The first kappa shape index (κ1) is 23.5. The lowest BCUT2D eigenvalue weighted by molar-refractivity contribution is -0.192. The van der Waals surface area contributed by atoms with Crippen molar-refractivity contribution in [2.24, 2.45) is 5.92 Å². The summed E-state index contributed by atoms with van der Waals surface area (Å²) in [6.07, 6.45) is -8.92. The topological polar surface area (TPSA) is 79.5 Å². The van der Waals surface area contributed by atoms with E-state index in [9.17, 15) is 26.3 Å². The lowest BCUT2D eigenvalue weighted by Gasteiger charge is -2.39. The number of benzene rings is 2. The maximum Gasteiger partial charge on any atom is 0.490 e. The summed E-state index contributed by atoms with van der Waals surface area (Å²) >= 11 is 0. The van der Waals surface area contributed by atoms with E-state index in [1.807, 2.05) is 18.2 Å². The van der Waals surface area contributed by atoms with Crippen LogP contribution in [0.5, 0.6) is 0 Å².